The average molecular weight is 216 g/mol. The Balaban J connectivity index is 2.65. The van der Waals surface area contributed by atoms with Crippen molar-refractivity contribution in [3.63, 3.8) is 0 Å². The zero-order valence-corrected chi connectivity index (χ0v) is 9.17. The first-order valence-corrected chi connectivity index (χ1v) is 5.04. The topological polar surface area (TPSA) is 31.4 Å². The molecule has 0 unspecified atom stereocenters. The van der Waals surface area contributed by atoms with Crippen LogP contribution in [0.5, 0.6) is 5.75 Å². The van der Waals surface area contributed by atoms with Crippen molar-refractivity contribution in [3.8, 4) is 5.75 Å². The first kappa shape index (κ1) is 11.3. The van der Waals surface area contributed by atoms with Gasteiger partial charge in [-0.1, -0.05) is 0 Å². The highest BCUT2D eigenvalue weighted by atomic mass is 35.5. The van der Waals surface area contributed by atoms with Crippen LogP contribution in [0.2, 0.25) is 0 Å². The van der Waals surface area contributed by atoms with Crippen LogP contribution >= 0.6 is 11.6 Å². The SMILES string of the molecule is CCOCOc1ccc(C)nc1CCl. The molecule has 1 rings (SSSR count). The van der Waals surface area contributed by atoms with Crippen molar-refractivity contribution in [1.29, 1.82) is 0 Å². The lowest BCUT2D eigenvalue weighted by atomic mass is 10.3. The molecule has 14 heavy (non-hydrogen) atoms. The van der Waals surface area contributed by atoms with Crippen LogP contribution in [-0.2, 0) is 10.6 Å². The minimum Gasteiger partial charge on any atom is -0.466 e. The van der Waals surface area contributed by atoms with E-state index in [2.05, 4.69) is 4.98 Å². The third-order valence-electron chi connectivity index (χ3n) is 1.70. The van der Waals surface area contributed by atoms with Crippen LogP contribution < -0.4 is 4.74 Å². The van der Waals surface area contributed by atoms with Crippen LogP contribution in [0.4, 0.5) is 0 Å². The summed E-state index contributed by atoms with van der Waals surface area (Å²) in [5.41, 5.74) is 1.69. The highest BCUT2D eigenvalue weighted by molar-refractivity contribution is 6.17. The third-order valence-corrected chi connectivity index (χ3v) is 1.95. The fraction of sp³-hybridized carbons (Fsp3) is 0.500. The maximum absolute atomic E-state index is 5.73. The van der Waals surface area contributed by atoms with E-state index in [-0.39, 0.29) is 6.79 Å². The molecule has 0 N–H and O–H groups in total. The van der Waals surface area contributed by atoms with Gasteiger partial charge in [0, 0.05) is 12.3 Å². The number of alkyl halides is 1. The quantitative estimate of drug-likeness (QED) is 0.430. The molecular weight excluding hydrogens is 202 g/mol. The molecule has 0 aliphatic carbocycles. The Kier molecular flexibility index (Phi) is 4.70. The van der Waals surface area contributed by atoms with Crippen molar-refractivity contribution in [1.82, 2.24) is 4.98 Å². The number of ether oxygens (including phenoxy) is 2. The van der Waals surface area contributed by atoms with Gasteiger partial charge >= 0.3 is 0 Å². The number of aromatic nitrogens is 1. The van der Waals surface area contributed by atoms with E-state index in [1.807, 2.05) is 26.0 Å². The van der Waals surface area contributed by atoms with Crippen LogP contribution in [0.3, 0.4) is 0 Å². The van der Waals surface area contributed by atoms with E-state index >= 15 is 0 Å². The molecule has 1 aromatic heterocycles. The second-order valence-electron chi connectivity index (χ2n) is 2.79. The minimum absolute atomic E-state index is 0.241. The van der Waals surface area contributed by atoms with Crippen molar-refractivity contribution < 1.29 is 9.47 Å². The molecule has 0 aliphatic heterocycles. The Morgan fingerprint density at radius 1 is 1.43 bits per heavy atom. The van der Waals surface area contributed by atoms with Gasteiger partial charge in [-0.2, -0.15) is 0 Å². The van der Waals surface area contributed by atoms with Gasteiger partial charge in [0.05, 0.1) is 11.6 Å². The summed E-state index contributed by atoms with van der Waals surface area (Å²) >= 11 is 5.73. The van der Waals surface area contributed by atoms with Gasteiger partial charge in [-0.15, -0.1) is 11.6 Å². The minimum atomic E-state index is 0.241. The van der Waals surface area contributed by atoms with Gasteiger partial charge in [-0.25, -0.2) is 0 Å². The molecule has 0 aliphatic rings. The Hall–Kier alpha value is -0.800. The van der Waals surface area contributed by atoms with Gasteiger partial charge in [0.15, 0.2) is 6.79 Å². The second-order valence-corrected chi connectivity index (χ2v) is 3.05. The Morgan fingerprint density at radius 3 is 2.86 bits per heavy atom. The molecule has 78 valence electrons. The fourth-order valence-electron chi connectivity index (χ4n) is 1.01. The lowest BCUT2D eigenvalue weighted by Gasteiger charge is -2.09. The molecule has 0 aromatic carbocycles. The van der Waals surface area contributed by atoms with Gasteiger partial charge in [-0.3, -0.25) is 4.98 Å². The third kappa shape index (κ3) is 3.16. The van der Waals surface area contributed by atoms with Gasteiger partial charge in [0.25, 0.3) is 0 Å². The zero-order valence-electron chi connectivity index (χ0n) is 8.42. The molecule has 3 nitrogen and oxygen atoms in total. The van der Waals surface area contributed by atoms with Crippen molar-refractivity contribution in [2.24, 2.45) is 0 Å². The summed E-state index contributed by atoms with van der Waals surface area (Å²) in [5, 5.41) is 0. The Morgan fingerprint density at radius 2 is 2.21 bits per heavy atom. The smallest absolute Gasteiger partial charge is 0.189 e. The van der Waals surface area contributed by atoms with Crippen molar-refractivity contribution >= 4 is 11.6 Å². The molecule has 0 amide bonds. The maximum atomic E-state index is 5.73. The van der Waals surface area contributed by atoms with E-state index in [1.54, 1.807) is 0 Å². The number of halogens is 1. The predicted octanol–water partition coefficient (Wildman–Crippen LogP) is 2.50. The zero-order chi connectivity index (χ0) is 10.4. The first-order chi connectivity index (χ1) is 6.77. The van der Waals surface area contributed by atoms with Crippen LogP contribution in [0.15, 0.2) is 12.1 Å². The molecule has 0 spiro atoms. The summed E-state index contributed by atoms with van der Waals surface area (Å²) in [7, 11) is 0. The summed E-state index contributed by atoms with van der Waals surface area (Å²) in [5.74, 6) is 1.04. The molecule has 1 aromatic rings. The highest BCUT2D eigenvalue weighted by Gasteiger charge is 2.04. The number of pyridine rings is 1. The van der Waals surface area contributed by atoms with E-state index in [4.69, 9.17) is 21.1 Å². The highest BCUT2D eigenvalue weighted by Crippen LogP contribution is 2.18. The van der Waals surface area contributed by atoms with E-state index in [1.165, 1.54) is 0 Å². The lowest BCUT2D eigenvalue weighted by Crippen LogP contribution is -2.05. The van der Waals surface area contributed by atoms with Crippen molar-refractivity contribution in [2.75, 3.05) is 13.4 Å². The fourth-order valence-corrected chi connectivity index (χ4v) is 1.20. The van der Waals surface area contributed by atoms with Crippen LogP contribution in [0, 0.1) is 6.92 Å². The van der Waals surface area contributed by atoms with Crippen molar-refractivity contribution in [2.45, 2.75) is 19.7 Å². The molecule has 1 heterocycles. The van der Waals surface area contributed by atoms with E-state index in [9.17, 15) is 0 Å². The largest absolute Gasteiger partial charge is 0.466 e. The number of hydrogen-bond donors (Lipinski definition) is 0. The average Bonchev–Trinajstić information content (AvgIpc) is 2.20. The number of hydrogen-bond acceptors (Lipinski definition) is 3. The molecule has 0 radical (unpaired) electrons. The Labute approximate surface area is 89.0 Å². The number of aryl methyl sites for hydroxylation is 1. The Bertz CT molecular complexity index is 291. The predicted molar refractivity (Wildman–Crippen MR) is 55.7 cm³/mol. The first-order valence-electron chi connectivity index (χ1n) is 4.51. The summed E-state index contributed by atoms with van der Waals surface area (Å²) in [6, 6.07) is 3.75. The van der Waals surface area contributed by atoms with Crippen molar-refractivity contribution in [3.05, 3.63) is 23.5 Å². The molecule has 0 saturated heterocycles. The molecule has 0 atom stereocenters. The number of rotatable bonds is 5. The van der Waals surface area contributed by atoms with E-state index < -0.39 is 0 Å². The second kappa shape index (κ2) is 5.83. The summed E-state index contributed by atoms with van der Waals surface area (Å²) in [6.07, 6.45) is 0. The van der Waals surface area contributed by atoms with Crippen LogP contribution in [0.1, 0.15) is 18.3 Å². The monoisotopic (exact) mass is 215 g/mol. The summed E-state index contributed by atoms with van der Waals surface area (Å²) < 4.78 is 10.4. The normalized spacial score (nSPS) is 10.2. The van der Waals surface area contributed by atoms with Gasteiger partial charge < -0.3 is 9.47 Å². The van der Waals surface area contributed by atoms with Crippen LogP contribution in [-0.4, -0.2) is 18.4 Å². The molecule has 0 fully saturated rings. The van der Waals surface area contributed by atoms with Crippen LogP contribution in [0.25, 0.3) is 0 Å². The van der Waals surface area contributed by atoms with Gasteiger partial charge in [0.2, 0.25) is 0 Å². The van der Waals surface area contributed by atoms with Gasteiger partial charge in [-0.05, 0) is 26.0 Å². The molecule has 4 heteroatoms. The molecule has 0 bridgehead atoms. The standard InChI is InChI=1S/C10H14ClNO2/c1-3-13-7-14-10-5-4-8(2)12-9(10)6-11/h4-5H,3,6-7H2,1-2H3. The van der Waals surface area contributed by atoms with E-state index in [0.717, 1.165) is 11.4 Å². The maximum Gasteiger partial charge on any atom is 0.189 e. The summed E-state index contributed by atoms with van der Waals surface area (Å²) in [6.45, 7) is 4.71. The van der Waals surface area contributed by atoms with E-state index in [0.29, 0.717) is 18.2 Å². The molecular formula is C10H14ClNO2. The number of nitrogens with zero attached hydrogens (tertiary/aromatic N) is 1. The lowest BCUT2D eigenvalue weighted by molar-refractivity contribution is 0.0217. The molecule has 0 saturated carbocycles. The summed E-state index contributed by atoms with van der Waals surface area (Å²) in [4.78, 5) is 4.26. The van der Waals surface area contributed by atoms with Gasteiger partial charge in [0.1, 0.15) is 5.75 Å².